The molecule has 1 aliphatic rings. The Labute approximate surface area is 146 Å². The fourth-order valence-electron chi connectivity index (χ4n) is 3.98. The molecule has 0 saturated heterocycles. The molecule has 0 aromatic heterocycles. The lowest BCUT2D eigenvalue weighted by atomic mass is 9.60. The standard InChI is InChI=1S/C22H28N2/c1-15-13-18-19(14-20(15)24-12-11-23-6)22(4,5)17-10-8-7-9-16(17)21(18,2)3/h7-14,23-24H,1-6H3/b12-11-. The van der Waals surface area contributed by atoms with Gasteiger partial charge in [0.2, 0.25) is 0 Å². The minimum Gasteiger partial charge on any atom is -0.393 e. The molecule has 2 aromatic carbocycles. The summed E-state index contributed by atoms with van der Waals surface area (Å²) in [5.74, 6) is 0. The van der Waals surface area contributed by atoms with Gasteiger partial charge in [0.25, 0.3) is 0 Å². The van der Waals surface area contributed by atoms with Crippen LogP contribution in [0.3, 0.4) is 0 Å². The van der Waals surface area contributed by atoms with E-state index in [9.17, 15) is 0 Å². The Morgan fingerprint density at radius 1 is 0.792 bits per heavy atom. The maximum Gasteiger partial charge on any atom is 0.0413 e. The average Bonchev–Trinajstić information content (AvgIpc) is 2.55. The lowest BCUT2D eigenvalue weighted by Gasteiger charge is -2.44. The summed E-state index contributed by atoms with van der Waals surface area (Å²) in [7, 11) is 1.90. The molecule has 2 nitrogen and oxygen atoms in total. The minimum atomic E-state index is -0.00169. The van der Waals surface area contributed by atoms with Crippen molar-refractivity contribution in [3.8, 4) is 0 Å². The fraction of sp³-hybridized carbons (Fsp3) is 0.364. The van der Waals surface area contributed by atoms with E-state index in [0.29, 0.717) is 0 Å². The lowest BCUT2D eigenvalue weighted by molar-refractivity contribution is 0.520. The number of rotatable bonds is 3. The Bertz CT molecular complexity index is 798. The van der Waals surface area contributed by atoms with Crippen molar-refractivity contribution in [2.45, 2.75) is 45.4 Å². The van der Waals surface area contributed by atoms with Gasteiger partial charge in [-0.3, -0.25) is 0 Å². The molecule has 0 bridgehead atoms. The van der Waals surface area contributed by atoms with E-state index in [1.54, 1.807) is 0 Å². The van der Waals surface area contributed by atoms with E-state index in [1.807, 2.05) is 19.4 Å². The predicted octanol–water partition coefficient (Wildman–Crippen LogP) is 5.06. The van der Waals surface area contributed by atoms with Gasteiger partial charge >= 0.3 is 0 Å². The van der Waals surface area contributed by atoms with Gasteiger partial charge < -0.3 is 10.6 Å². The van der Waals surface area contributed by atoms with Crippen LogP contribution in [0.4, 0.5) is 5.69 Å². The Morgan fingerprint density at radius 3 is 1.88 bits per heavy atom. The smallest absolute Gasteiger partial charge is 0.0413 e. The van der Waals surface area contributed by atoms with Crippen LogP contribution in [0.25, 0.3) is 0 Å². The van der Waals surface area contributed by atoms with Crippen LogP contribution in [0.1, 0.15) is 55.5 Å². The highest BCUT2D eigenvalue weighted by atomic mass is 14.9. The van der Waals surface area contributed by atoms with Crippen molar-refractivity contribution in [2.75, 3.05) is 12.4 Å². The minimum absolute atomic E-state index is 0.00169. The molecule has 24 heavy (non-hydrogen) atoms. The predicted molar refractivity (Wildman–Crippen MR) is 104 cm³/mol. The van der Waals surface area contributed by atoms with E-state index in [0.717, 1.165) is 0 Å². The largest absolute Gasteiger partial charge is 0.393 e. The van der Waals surface area contributed by atoms with Crippen LogP contribution in [0, 0.1) is 6.92 Å². The molecule has 0 saturated carbocycles. The summed E-state index contributed by atoms with van der Waals surface area (Å²) in [5, 5.41) is 6.43. The Balaban J connectivity index is 2.21. The summed E-state index contributed by atoms with van der Waals surface area (Å²) in [6.45, 7) is 11.5. The highest BCUT2D eigenvalue weighted by molar-refractivity contribution is 5.65. The van der Waals surface area contributed by atoms with Crippen LogP contribution in [-0.4, -0.2) is 7.05 Å². The molecule has 0 radical (unpaired) electrons. The normalized spacial score (nSPS) is 17.2. The SMILES string of the molecule is CN/C=C\Nc1cc2c(cc1C)C(C)(C)c1ccccc1C2(C)C. The summed E-state index contributed by atoms with van der Waals surface area (Å²) >= 11 is 0. The third kappa shape index (κ3) is 2.41. The maximum atomic E-state index is 3.41. The number of hydrogen-bond acceptors (Lipinski definition) is 2. The van der Waals surface area contributed by atoms with E-state index in [1.165, 1.54) is 33.5 Å². The van der Waals surface area contributed by atoms with Crippen molar-refractivity contribution >= 4 is 5.69 Å². The molecular formula is C22H28N2. The maximum absolute atomic E-state index is 3.41. The van der Waals surface area contributed by atoms with Gasteiger partial charge in [-0.1, -0.05) is 58.0 Å². The number of anilines is 1. The molecule has 1 aliphatic carbocycles. The molecule has 2 aromatic rings. The molecule has 126 valence electrons. The van der Waals surface area contributed by atoms with Gasteiger partial charge in [0.1, 0.15) is 0 Å². The van der Waals surface area contributed by atoms with Gasteiger partial charge in [0, 0.05) is 36.0 Å². The second-order valence-electron chi connectivity index (χ2n) is 7.77. The van der Waals surface area contributed by atoms with Crippen molar-refractivity contribution in [3.63, 3.8) is 0 Å². The quantitative estimate of drug-likeness (QED) is 0.825. The summed E-state index contributed by atoms with van der Waals surface area (Å²) in [6, 6.07) is 13.6. The summed E-state index contributed by atoms with van der Waals surface area (Å²) in [4.78, 5) is 0. The van der Waals surface area contributed by atoms with Crippen LogP contribution in [0.5, 0.6) is 0 Å². The third-order valence-electron chi connectivity index (χ3n) is 5.47. The first-order valence-corrected chi connectivity index (χ1v) is 8.64. The van der Waals surface area contributed by atoms with Gasteiger partial charge in [-0.15, -0.1) is 0 Å². The topological polar surface area (TPSA) is 24.1 Å². The summed E-state index contributed by atoms with van der Waals surface area (Å²) < 4.78 is 0. The highest BCUT2D eigenvalue weighted by Gasteiger charge is 2.41. The van der Waals surface area contributed by atoms with Gasteiger partial charge in [0.05, 0.1) is 0 Å². The first-order chi connectivity index (χ1) is 11.3. The lowest BCUT2D eigenvalue weighted by Crippen LogP contribution is -2.36. The van der Waals surface area contributed by atoms with Crippen LogP contribution < -0.4 is 10.6 Å². The Hall–Kier alpha value is -2.22. The molecule has 0 unspecified atom stereocenters. The Kier molecular flexibility index (Phi) is 3.95. The van der Waals surface area contributed by atoms with Crippen molar-refractivity contribution in [1.29, 1.82) is 0 Å². The second kappa shape index (κ2) is 5.70. The number of aryl methyl sites for hydroxylation is 1. The molecular weight excluding hydrogens is 292 g/mol. The summed E-state index contributed by atoms with van der Waals surface area (Å²) in [5.41, 5.74) is 8.19. The molecule has 0 amide bonds. The monoisotopic (exact) mass is 320 g/mol. The molecule has 0 atom stereocenters. The van der Waals surface area contributed by atoms with E-state index in [4.69, 9.17) is 0 Å². The molecule has 0 fully saturated rings. The van der Waals surface area contributed by atoms with E-state index >= 15 is 0 Å². The second-order valence-corrected chi connectivity index (χ2v) is 7.77. The van der Waals surface area contributed by atoms with Gasteiger partial charge in [-0.2, -0.15) is 0 Å². The van der Waals surface area contributed by atoms with Crippen LogP contribution in [0.15, 0.2) is 48.8 Å². The van der Waals surface area contributed by atoms with Crippen LogP contribution in [0.2, 0.25) is 0 Å². The van der Waals surface area contributed by atoms with Crippen molar-refractivity contribution < 1.29 is 0 Å². The number of nitrogens with one attached hydrogen (secondary N) is 2. The molecule has 0 aliphatic heterocycles. The number of fused-ring (bicyclic) bond motifs is 2. The molecule has 2 N–H and O–H groups in total. The van der Waals surface area contributed by atoms with E-state index in [-0.39, 0.29) is 10.8 Å². The van der Waals surface area contributed by atoms with E-state index < -0.39 is 0 Å². The van der Waals surface area contributed by atoms with Gasteiger partial charge in [-0.25, -0.2) is 0 Å². The Morgan fingerprint density at radius 2 is 1.33 bits per heavy atom. The number of benzene rings is 2. The summed E-state index contributed by atoms with van der Waals surface area (Å²) in [6.07, 6.45) is 3.85. The van der Waals surface area contributed by atoms with Gasteiger partial charge in [0.15, 0.2) is 0 Å². The zero-order chi connectivity index (χ0) is 17.5. The van der Waals surface area contributed by atoms with Crippen LogP contribution in [-0.2, 0) is 10.8 Å². The molecule has 0 spiro atoms. The number of hydrogen-bond donors (Lipinski definition) is 2. The van der Waals surface area contributed by atoms with Crippen molar-refractivity contribution in [2.24, 2.45) is 0 Å². The zero-order valence-electron chi connectivity index (χ0n) is 15.6. The van der Waals surface area contributed by atoms with Gasteiger partial charge in [-0.05, 0) is 40.8 Å². The first-order valence-electron chi connectivity index (χ1n) is 8.64. The average molecular weight is 320 g/mol. The molecule has 3 rings (SSSR count). The van der Waals surface area contributed by atoms with Crippen molar-refractivity contribution in [3.05, 3.63) is 76.6 Å². The first kappa shape index (κ1) is 16.6. The third-order valence-corrected chi connectivity index (χ3v) is 5.47. The zero-order valence-corrected chi connectivity index (χ0v) is 15.6. The van der Waals surface area contributed by atoms with Crippen molar-refractivity contribution in [1.82, 2.24) is 5.32 Å². The molecule has 2 heteroatoms. The van der Waals surface area contributed by atoms with E-state index in [2.05, 4.69) is 81.7 Å². The molecule has 0 heterocycles. The van der Waals surface area contributed by atoms with Crippen LogP contribution >= 0.6 is 0 Å². The highest BCUT2D eigenvalue weighted by Crippen LogP contribution is 2.50. The fourth-order valence-corrected chi connectivity index (χ4v) is 3.98.